The highest BCUT2D eigenvalue weighted by molar-refractivity contribution is 5.86. The van der Waals surface area contributed by atoms with Crippen molar-refractivity contribution in [2.75, 3.05) is 0 Å². The van der Waals surface area contributed by atoms with Gasteiger partial charge in [0.05, 0.1) is 6.42 Å². The second kappa shape index (κ2) is 5.70. The van der Waals surface area contributed by atoms with Gasteiger partial charge in [-0.15, -0.1) is 0 Å². The van der Waals surface area contributed by atoms with Crippen LogP contribution in [0.4, 0.5) is 9.59 Å². The van der Waals surface area contributed by atoms with Crippen LogP contribution in [0.5, 0.6) is 0 Å². The Balaban J connectivity index is 3.71. The summed E-state index contributed by atoms with van der Waals surface area (Å²) in [7, 11) is 0. The number of aldehydes is 1. The van der Waals surface area contributed by atoms with Crippen molar-refractivity contribution in [2.24, 2.45) is 0 Å². The molecule has 0 saturated heterocycles. The van der Waals surface area contributed by atoms with Gasteiger partial charge in [0.25, 0.3) is 0 Å². The van der Waals surface area contributed by atoms with E-state index in [0.29, 0.717) is 6.29 Å². The van der Waals surface area contributed by atoms with Crippen LogP contribution in [0.15, 0.2) is 0 Å². The fourth-order valence-corrected chi connectivity index (χ4v) is 0.413. The van der Waals surface area contributed by atoms with Crippen LogP contribution in [0.1, 0.15) is 12.8 Å². The Morgan fingerprint density at radius 2 is 1.85 bits per heavy atom. The minimum atomic E-state index is -1.87. The van der Waals surface area contributed by atoms with Gasteiger partial charge in [0, 0.05) is 6.42 Å². The molecule has 13 heavy (non-hydrogen) atoms. The van der Waals surface area contributed by atoms with Crippen molar-refractivity contribution in [1.29, 1.82) is 0 Å². The molecule has 0 bridgehead atoms. The van der Waals surface area contributed by atoms with Crippen LogP contribution in [0, 0.1) is 0 Å². The molecule has 0 fully saturated rings. The zero-order chi connectivity index (χ0) is 10.3. The fraction of sp³-hybridized carbons (Fsp3) is 0.333. The first-order valence-electron chi connectivity index (χ1n) is 3.15. The number of carbonyl (C=O) groups excluding carboxylic acids is 3. The van der Waals surface area contributed by atoms with E-state index in [9.17, 15) is 19.2 Å². The van der Waals surface area contributed by atoms with Gasteiger partial charge in [0.2, 0.25) is 0 Å². The zero-order valence-corrected chi connectivity index (χ0v) is 6.39. The molecule has 0 saturated carbocycles. The van der Waals surface area contributed by atoms with Crippen molar-refractivity contribution >= 4 is 24.6 Å². The van der Waals surface area contributed by atoms with Crippen LogP contribution >= 0.6 is 0 Å². The molecular formula is C6H6O7. The van der Waals surface area contributed by atoms with Crippen molar-refractivity contribution in [3.8, 4) is 0 Å². The SMILES string of the molecule is O=CCCC(=O)OC(=O)OC(=O)O. The number of rotatable bonds is 3. The number of hydrogen-bond donors (Lipinski definition) is 1. The van der Waals surface area contributed by atoms with E-state index >= 15 is 0 Å². The summed E-state index contributed by atoms with van der Waals surface area (Å²) in [6.07, 6.45) is -3.42. The standard InChI is InChI=1S/C6H6O7/c7-3-1-2-4(8)12-6(11)13-5(9)10/h3H,1-2H2,(H,9,10). The average molecular weight is 190 g/mol. The predicted molar refractivity (Wildman–Crippen MR) is 35.9 cm³/mol. The molecule has 0 spiro atoms. The van der Waals surface area contributed by atoms with E-state index in [2.05, 4.69) is 9.47 Å². The summed E-state index contributed by atoms with van der Waals surface area (Å²) >= 11 is 0. The van der Waals surface area contributed by atoms with Gasteiger partial charge in [-0.25, -0.2) is 9.59 Å². The van der Waals surface area contributed by atoms with Crippen LogP contribution in [0.3, 0.4) is 0 Å². The molecule has 0 rings (SSSR count). The number of esters is 1. The summed E-state index contributed by atoms with van der Waals surface area (Å²) < 4.78 is 7.27. The lowest BCUT2D eigenvalue weighted by molar-refractivity contribution is -0.139. The van der Waals surface area contributed by atoms with Gasteiger partial charge in [-0.3, -0.25) is 4.79 Å². The van der Waals surface area contributed by atoms with Crippen LogP contribution in [0.2, 0.25) is 0 Å². The quantitative estimate of drug-likeness (QED) is 0.388. The second-order valence-corrected chi connectivity index (χ2v) is 1.80. The average Bonchev–Trinajstić information content (AvgIpc) is 1.98. The Labute approximate surface area is 72.2 Å². The van der Waals surface area contributed by atoms with Gasteiger partial charge in [0.1, 0.15) is 6.29 Å². The van der Waals surface area contributed by atoms with Crippen molar-refractivity contribution < 1.29 is 33.8 Å². The molecule has 0 aromatic heterocycles. The van der Waals surface area contributed by atoms with Gasteiger partial charge < -0.3 is 19.4 Å². The van der Waals surface area contributed by atoms with E-state index in [1.54, 1.807) is 0 Å². The molecule has 0 heterocycles. The van der Waals surface area contributed by atoms with E-state index in [1.807, 2.05) is 0 Å². The van der Waals surface area contributed by atoms with Crippen LogP contribution in [-0.2, 0) is 19.1 Å². The van der Waals surface area contributed by atoms with Crippen molar-refractivity contribution in [1.82, 2.24) is 0 Å². The summed E-state index contributed by atoms with van der Waals surface area (Å²) in [4.78, 5) is 40.3. The maximum absolute atomic E-state index is 10.5. The first-order valence-corrected chi connectivity index (χ1v) is 3.15. The first-order chi connectivity index (χ1) is 6.06. The highest BCUT2D eigenvalue weighted by Gasteiger charge is 2.14. The van der Waals surface area contributed by atoms with Gasteiger partial charge in [-0.2, -0.15) is 0 Å². The monoisotopic (exact) mass is 190 g/mol. The third-order valence-corrected chi connectivity index (χ3v) is 0.834. The third kappa shape index (κ3) is 6.48. The minimum absolute atomic E-state index is 0.0980. The van der Waals surface area contributed by atoms with Crippen LogP contribution in [0.25, 0.3) is 0 Å². The molecule has 0 unspecified atom stereocenters. The lowest BCUT2D eigenvalue weighted by Gasteiger charge is -1.97. The molecule has 0 aliphatic rings. The Morgan fingerprint density at radius 3 is 2.31 bits per heavy atom. The molecule has 0 radical (unpaired) electrons. The number of hydrogen-bond acceptors (Lipinski definition) is 6. The van der Waals surface area contributed by atoms with Gasteiger partial charge in [-0.1, -0.05) is 0 Å². The molecule has 0 aliphatic carbocycles. The second-order valence-electron chi connectivity index (χ2n) is 1.80. The van der Waals surface area contributed by atoms with E-state index in [0.717, 1.165) is 0 Å². The normalized spacial score (nSPS) is 8.62. The maximum Gasteiger partial charge on any atom is 0.526 e. The first kappa shape index (κ1) is 11.1. The minimum Gasteiger partial charge on any atom is -0.449 e. The molecular weight excluding hydrogens is 184 g/mol. The topological polar surface area (TPSA) is 107 Å². The largest absolute Gasteiger partial charge is 0.526 e. The highest BCUT2D eigenvalue weighted by Crippen LogP contribution is 1.93. The smallest absolute Gasteiger partial charge is 0.449 e. The van der Waals surface area contributed by atoms with E-state index in [1.165, 1.54) is 0 Å². The molecule has 0 aliphatic heterocycles. The summed E-state index contributed by atoms with van der Waals surface area (Å²) in [5.41, 5.74) is 0. The Morgan fingerprint density at radius 1 is 1.23 bits per heavy atom. The van der Waals surface area contributed by atoms with Crippen molar-refractivity contribution in [3.63, 3.8) is 0 Å². The molecule has 72 valence electrons. The molecule has 7 nitrogen and oxygen atoms in total. The van der Waals surface area contributed by atoms with Gasteiger partial charge in [0.15, 0.2) is 0 Å². The Bertz CT molecular complexity index is 231. The van der Waals surface area contributed by atoms with Crippen molar-refractivity contribution in [2.45, 2.75) is 12.8 Å². The zero-order valence-electron chi connectivity index (χ0n) is 6.39. The lowest BCUT2D eigenvalue weighted by Crippen LogP contribution is -2.16. The van der Waals surface area contributed by atoms with Crippen LogP contribution < -0.4 is 0 Å². The summed E-state index contributed by atoms with van der Waals surface area (Å²) in [5, 5.41) is 7.88. The Kier molecular flexibility index (Phi) is 4.85. The molecule has 7 heteroatoms. The molecule has 0 atom stereocenters. The predicted octanol–water partition coefficient (Wildman–Crippen LogP) is 0.323. The van der Waals surface area contributed by atoms with E-state index < -0.39 is 18.3 Å². The number of carboxylic acid groups (broad SMARTS) is 1. The number of ether oxygens (including phenoxy) is 2. The van der Waals surface area contributed by atoms with E-state index in [4.69, 9.17) is 5.11 Å². The van der Waals surface area contributed by atoms with Gasteiger partial charge in [-0.05, 0) is 0 Å². The number of carbonyl (C=O) groups is 4. The summed E-state index contributed by atoms with van der Waals surface area (Å²) in [6, 6.07) is 0. The fourth-order valence-electron chi connectivity index (χ4n) is 0.413. The van der Waals surface area contributed by atoms with Gasteiger partial charge >= 0.3 is 18.3 Å². The summed E-state index contributed by atoms with van der Waals surface area (Å²) in [5.74, 6) is -1.02. The lowest BCUT2D eigenvalue weighted by atomic mass is 10.3. The third-order valence-electron chi connectivity index (χ3n) is 0.834. The molecule has 0 amide bonds. The Hall–Kier alpha value is -1.92. The summed E-state index contributed by atoms with van der Waals surface area (Å²) in [6.45, 7) is 0. The van der Waals surface area contributed by atoms with Crippen molar-refractivity contribution in [3.05, 3.63) is 0 Å². The molecule has 0 aromatic carbocycles. The maximum atomic E-state index is 10.5. The van der Waals surface area contributed by atoms with E-state index in [-0.39, 0.29) is 12.8 Å². The molecule has 0 aromatic rings. The molecule has 1 N–H and O–H groups in total. The van der Waals surface area contributed by atoms with Crippen LogP contribution in [-0.4, -0.2) is 29.7 Å². The highest BCUT2D eigenvalue weighted by atomic mass is 16.8.